The van der Waals surface area contributed by atoms with Gasteiger partial charge in [0.15, 0.2) is 0 Å². The predicted molar refractivity (Wildman–Crippen MR) is 120 cm³/mol. The first-order valence-electron chi connectivity index (χ1n) is 11.9. The Morgan fingerprint density at radius 2 is 1.77 bits per heavy atom. The lowest BCUT2D eigenvalue weighted by Crippen LogP contribution is -2.57. The highest BCUT2D eigenvalue weighted by atomic mass is 16.5. The monoisotopic (exact) mass is 428 g/mol. The summed E-state index contributed by atoms with van der Waals surface area (Å²) in [5.74, 6) is 0.922. The number of amides is 2. The molecule has 31 heavy (non-hydrogen) atoms. The van der Waals surface area contributed by atoms with E-state index < -0.39 is 6.04 Å². The van der Waals surface area contributed by atoms with Gasteiger partial charge in [-0.25, -0.2) is 0 Å². The maximum absolute atomic E-state index is 13.0. The molecule has 0 bridgehead atoms. The van der Waals surface area contributed by atoms with E-state index in [2.05, 4.69) is 15.1 Å². The number of carbonyl (C=O) groups is 2. The summed E-state index contributed by atoms with van der Waals surface area (Å²) in [6.45, 7) is 8.14. The summed E-state index contributed by atoms with van der Waals surface area (Å²) in [5, 5.41) is 2.95. The molecule has 1 N–H and O–H groups in total. The van der Waals surface area contributed by atoms with Crippen molar-refractivity contribution in [2.75, 3.05) is 45.9 Å². The fraction of sp³-hybridized carbons (Fsp3) is 0.667. The van der Waals surface area contributed by atoms with Crippen molar-refractivity contribution < 1.29 is 14.3 Å². The van der Waals surface area contributed by atoms with E-state index in [4.69, 9.17) is 4.74 Å². The maximum Gasteiger partial charge on any atom is 0.237 e. The van der Waals surface area contributed by atoms with Crippen LogP contribution < -0.4 is 10.1 Å². The van der Waals surface area contributed by atoms with Gasteiger partial charge in [-0.15, -0.1) is 0 Å². The number of piperazine rings is 2. The Kier molecular flexibility index (Phi) is 7.45. The molecule has 2 amide bonds. The smallest absolute Gasteiger partial charge is 0.237 e. The van der Waals surface area contributed by atoms with Gasteiger partial charge in [0.2, 0.25) is 11.8 Å². The average Bonchev–Trinajstić information content (AvgIpc) is 3.33. The first kappa shape index (κ1) is 22.1. The van der Waals surface area contributed by atoms with Crippen molar-refractivity contribution in [1.29, 1.82) is 0 Å². The zero-order valence-corrected chi connectivity index (χ0v) is 18.7. The van der Waals surface area contributed by atoms with Crippen molar-refractivity contribution in [3.05, 3.63) is 29.8 Å². The minimum atomic E-state index is -0.402. The third kappa shape index (κ3) is 5.57. The van der Waals surface area contributed by atoms with E-state index in [1.807, 2.05) is 36.1 Å². The highest BCUT2D eigenvalue weighted by molar-refractivity contribution is 5.88. The van der Waals surface area contributed by atoms with Crippen LogP contribution in [-0.4, -0.2) is 84.5 Å². The number of carbonyl (C=O) groups excluding carboxylic acids is 2. The third-order valence-electron chi connectivity index (χ3n) is 6.94. The van der Waals surface area contributed by atoms with Gasteiger partial charge in [0.1, 0.15) is 5.75 Å². The number of rotatable bonds is 7. The summed E-state index contributed by atoms with van der Waals surface area (Å²) in [4.78, 5) is 32.3. The van der Waals surface area contributed by atoms with Gasteiger partial charge < -0.3 is 15.0 Å². The first-order valence-corrected chi connectivity index (χ1v) is 11.9. The van der Waals surface area contributed by atoms with Crippen molar-refractivity contribution in [3.63, 3.8) is 0 Å². The molecule has 4 rings (SSSR count). The molecule has 0 radical (unpaired) electrons. The summed E-state index contributed by atoms with van der Waals surface area (Å²) >= 11 is 0. The Bertz CT molecular complexity index is 740. The summed E-state index contributed by atoms with van der Waals surface area (Å²) in [5.41, 5.74) is 1.13. The van der Waals surface area contributed by atoms with Crippen molar-refractivity contribution in [3.8, 4) is 5.75 Å². The van der Waals surface area contributed by atoms with E-state index in [1.54, 1.807) is 0 Å². The topological polar surface area (TPSA) is 65.1 Å². The van der Waals surface area contributed by atoms with Crippen LogP contribution in [0.5, 0.6) is 5.75 Å². The van der Waals surface area contributed by atoms with Crippen LogP contribution in [0.3, 0.4) is 0 Å². The van der Waals surface area contributed by atoms with Gasteiger partial charge in [-0.1, -0.05) is 25.0 Å². The van der Waals surface area contributed by atoms with Gasteiger partial charge in [0.05, 0.1) is 19.1 Å². The molecular weight excluding hydrogens is 392 g/mol. The van der Waals surface area contributed by atoms with Crippen LogP contribution in [-0.2, 0) is 16.1 Å². The van der Waals surface area contributed by atoms with Crippen LogP contribution in [0.1, 0.15) is 44.6 Å². The Morgan fingerprint density at radius 1 is 1.06 bits per heavy atom. The minimum Gasteiger partial charge on any atom is -0.494 e. The van der Waals surface area contributed by atoms with E-state index in [1.165, 1.54) is 25.7 Å². The number of nitrogens with one attached hydrogen (secondary N) is 1. The van der Waals surface area contributed by atoms with Crippen LogP contribution in [0.2, 0.25) is 0 Å². The van der Waals surface area contributed by atoms with Gasteiger partial charge in [-0.2, -0.15) is 0 Å². The molecule has 1 aliphatic carbocycles. The summed E-state index contributed by atoms with van der Waals surface area (Å²) in [6.07, 6.45) is 5.54. The molecule has 1 aromatic carbocycles. The van der Waals surface area contributed by atoms with Crippen molar-refractivity contribution in [2.45, 2.75) is 57.7 Å². The molecule has 1 saturated carbocycles. The second-order valence-corrected chi connectivity index (χ2v) is 8.91. The molecule has 2 heterocycles. The number of hydrogen-bond acceptors (Lipinski definition) is 5. The molecule has 7 heteroatoms. The lowest BCUT2D eigenvalue weighted by molar-refractivity contribution is -0.140. The standard InChI is InChI=1S/C24H36N4O3/c1-2-31-21-9-7-19(8-10-21)18-28-12-11-25-24(30)22(28)17-23(29)27-15-13-26(14-16-27)20-5-3-4-6-20/h7-10,20,22H,2-6,11-18H2,1H3,(H,25,30)/t22-/m0/s1. The molecule has 7 nitrogen and oxygen atoms in total. The van der Waals surface area contributed by atoms with Gasteiger partial charge in [0.25, 0.3) is 0 Å². The lowest BCUT2D eigenvalue weighted by Gasteiger charge is -2.40. The molecule has 0 unspecified atom stereocenters. The molecular formula is C24H36N4O3. The van der Waals surface area contributed by atoms with Crippen molar-refractivity contribution >= 4 is 11.8 Å². The molecule has 1 aromatic rings. The molecule has 1 atom stereocenters. The van der Waals surface area contributed by atoms with E-state index in [-0.39, 0.29) is 18.2 Å². The predicted octanol–water partition coefficient (Wildman–Crippen LogP) is 1.86. The summed E-state index contributed by atoms with van der Waals surface area (Å²) in [6, 6.07) is 8.32. The zero-order chi connectivity index (χ0) is 21.6. The number of benzene rings is 1. The second-order valence-electron chi connectivity index (χ2n) is 8.91. The summed E-state index contributed by atoms with van der Waals surface area (Å²) in [7, 11) is 0. The minimum absolute atomic E-state index is 0.0323. The molecule has 0 aromatic heterocycles. The normalized spacial score (nSPS) is 23.7. The molecule has 170 valence electrons. The Hall–Kier alpha value is -2.12. The van der Waals surface area contributed by atoms with Crippen LogP contribution >= 0.6 is 0 Å². The molecule has 2 aliphatic heterocycles. The number of nitrogens with zero attached hydrogens (tertiary/aromatic N) is 3. The quantitative estimate of drug-likeness (QED) is 0.718. The lowest BCUT2D eigenvalue weighted by atomic mass is 10.1. The largest absolute Gasteiger partial charge is 0.494 e. The van der Waals surface area contributed by atoms with Crippen LogP contribution in [0, 0.1) is 0 Å². The Balaban J connectivity index is 1.32. The molecule has 2 saturated heterocycles. The van der Waals surface area contributed by atoms with E-state index in [9.17, 15) is 9.59 Å². The SMILES string of the molecule is CCOc1ccc(CN2CCNC(=O)[C@@H]2CC(=O)N2CCN(C3CCCC3)CC2)cc1. The van der Waals surface area contributed by atoms with Gasteiger partial charge in [-0.05, 0) is 37.5 Å². The number of ether oxygens (including phenoxy) is 1. The first-order chi connectivity index (χ1) is 15.1. The fourth-order valence-corrected chi connectivity index (χ4v) is 5.17. The van der Waals surface area contributed by atoms with E-state index in [0.29, 0.717) is 25.7 Å². The maximum atomic E-state index is 13.0. The highest BCUT2D eigenvalue weighted by Gasteiger charge is 2.34. The second kappa shape index (κ2) is 10.5. The zero-order valence-electron chi connectivity index (χ0n) is 18.7. The van der Waals surface area contributed by atoms with Crippen LogP contribution in [0.25, 0.3) is 0 Å². The molecule has 0 spiro atoms. The molecule has 3 aliphatic rings. The number of hydrogen-bond donors (Lipinski definition) is 1. The van der Waals surface area contributed by atoms with Gasteiger partial charge in [-0.3, -0.25) is 19.4 Å². The van der Waals surface area contributed by atoms with Crippen molar-refractivity contribution in [1.82, 2.24) is 20.0 Å². The van der Waals surface area contributed by atoms with Crippen molar-refractivity contribution in [2.24, 2.45) is 0 Å². The molecule has 3 fully saturated rings. The van der Waals surface area contributed by atoms with Crippen LogP contribution in [0.15, 0.2) is 24.3 Å². The Morgan fingerprint density at radius 3 is 2.45 bits per heavy atom. The highest BCUT2D eigenvalue weighted by Crippen LogP contribution is 2.25. The third-order valence-corrected chi connectivity index (χ3v) is 6.94. The van der Waals surface area contributed by atoms with E-state index >= 15 is 0 Å². The van der Waals surface area contributed by atoms with Crippen LogP contribution in [0.4, 0.5) is 0 Å². The van der Waals surface area contributed by atoms with E-state index in [0.717, 1.165) is 44.0 Å². The fourth-order valence-electron chi connectivity index (χ4n) is 5.17. The summed E-state index contributed by atoms with van der Waals surface area (Å²) < 4.78 is 5.52. The average molecular weight is 429 g/mol. The van der Waals surface area contributed by atoms with Gasteiger partial charge >= 0.3 is 0 Å². The van der Waals surface area contributed by atoms with Gasteiger partial charge in [0, 0.05) is 51.9 Å². The Labute approximate surface area is 185 Å².